The van der Waals surface area contributed by atoms with Gasteiger partial charge in [-0.05, 0) is 13.8 Å². The molecule has 0 bridgehead atoms. The van der Waals surface area contributed by atoms with Gasteiger partial charge in [0.15, 0.2) is 0 Å². The maximum absolute atomic E-state index is 2.19. The zero-order chi connectivity index (χ0) is 10.7. The molecular formula is C14H14KP. The summed E-state index contributed by atoms with van der Waals surface area (Å²) in [5.74, 6) is 0. The van der Waals surface area contributed by atoms with E-state index in [0.29, 0.717) is 0 Å². The van der Waals surface area contributed by atoms with E-state index in [9.17, 15) is 0 Å². The summed E-state index contributed by atoms with van der Waals surface area (Å²) in [6.07, 6.45) is 0. The Bertz CT molecular complexity index is 388. The van der Waals surface area contributed by atoms with Gasteiger partial charge in [0.2, 0.25) is 0 Å². The van der Waals surface area contributed by atoms with Crippen molar-refractivity contribution >= 4 is 19.2 Å². The van der Waals surface area contributed by atoms with Crippen molar-refractivity contribution in [2.24, 2.45) is 0 Å². The van der Waals surface area contributed by atoms with Gasteiger partial charge >= 0.3 is 51.4 Å². The molecule has 0 nitrogen and oxygen atoms in total. The Morgan fingerprint density at radius 1 is 0.625 bits per heavy atom. The normalized spacial score (nSPS) is 9.62. The van der Waals surface area contributed by atoms with Crippen molar-refractivity contribution in [2.75, 3.05) is 0 Å². The predicted molar refractivity (Wildman–Crippen MR) is 68.5 cm³/mol. The fraction of sp³-hybridized carbons (Fsp3) is 0.143. The van der Waals surface area contributed by atoms with Gasteiger partial charge in [-0.25, -0.2) is 10.6 Å². The smallest absolute Gasteiger partial charge is 0.472 e. The molecule has 0 unspecified atom stereocenters. The van der Waals surface area contributed by atoms with Crippen LogP contribution in [0.25, 0.3) is 0 Å². The Labute approximate surface area is 142 Å². The van der Waals surface area contributed by atoms with E-state index in [4.69, 9.17) is 0 Å². The van der Waals surface area contributed by atoms with Crippen molar-refractivity contribution in [2.45, 2.75) is 13.8 Å². The van der Waals surface area contributed by atoms with E-state index in [0.717, 1.165) is 0 Å². The van der Waals surface area contributed by atoms with Crippen molar-refractivity contribution < 1.29 is 51.4 Å². The predicted octanol–water partition coefficient (Wildman–Crippen LogP) is 0.204. The van der Waals surface area contributed by atoms with E-state index < -0.39 is 0 Å². The topological polar surface area (TPSA) is 0 Å². The summed E-state index contributed by atoms with van der Waals surface area (Å²) in [5, 5.41) is 2.70. The third kappa shape index (κ3) is 4.41. The molecule has 0 aromatic heterocycles. The molecule has 2 heteroatoms. The summed E-state index contributed by atoms with van der Waals surface area (Å²) < 4.78 is 0. The average Bonchev–Trinajstić information content (AvgIpc) is 2.25. The van der Waals surface area contributed by atoms with Crippen LogP contribution in [-0.2, 0) is 0 Å². The van der Waals surface area contributed by atoms with Crippen molar-refractivity contribution in [1.29, 1.82) is 0 Å². The summed E-state index contributed by atoms with van der Waals surface area (Å²) in [6, 6.07) is 17.4. The fourth-order valence-electron chi connectivity index (χ4n) is 1.39. The molecule has 0 saturated carbocycles. The molecule has 0 heterocycles. The molecule has 2 aromatic rings. The quantitative estimate of drug-likeness (QED) is 0.529. The first-order chi connectivity index (χ1) is 7.24. The van der Waals surface area contributed by atoms with Crippen LogP contribution in [0, 0.1) is 13.8 Å². The third-order valence-electron chi connectivity index (χ3n) is 2.33. The average molecular weight is 252 g/mol. The molecule has 2 rings (SSSR count). The van der Waals surface area contributed by atoms with Gasteiger partial charge in [0.1, 0.15) is 0 Å². The molecule has 0 aliphatic rings. The standard InChI is InChI=1S/C14H14P.K/c1-11-3-7-13(8-4-11)15-14-9-5-12(2)6-10-14;/h3-10H,1-2H3;/q-1;+1. The van der Waals surface area contributed by atoms with Crippen LogP contribution in [-0.4, -0.2) is 0 Å². The maximum Gasteiger partial charge on any atom is 1.00 e. The maximum atomic E-state index is 2.19. The number of hydrogen-bond donors (Lipinski definition) is 0. The zero-order valence-electron chi connectivity index (χ0n) is 10.1. The van der Waals surface area contributed by atoms with Crippen LogP contribution in [0.2, 0.25) is 0 Å². The van der Waals surface area contributed by atoms with Gasteiger partial charge in [0.05, 0.1) is 0 Å². The fourth-order valence-corrected chi connectivity index (χ4v) is 2.28. The minimum Gasteiger partial charge on any atom is -0.472 e. The van der Waals surface area contributed by atoms with Gasteiger partial charge in [-0.2, -0.15) is 0 Å². The molecule has 0 spiro atoms. The van der Waals surface area contributed by atoms with E-state index in [-0.39, 0.29) is 51.4 Å². The molecule has 0 aliphatic heterocycles. The Balaban J connectivity index is 0.00000128. The number of hydrogen-bond acceptors (Lipinski definition) is 0. The Morgan fingerprint density at radius 3 is 1.25 bits per heavy atom. The van der Waals surface area contributed by atoms with Crippen LogP contribution in [0.1, 0.15) is 11.1 Å². The van der Waals surface area contributed by atoms with E-state index in [2.05, 4.69) is 62.4 Å². The van der Waals surface area contributed by atoms with Gasteiger partial charge in [-0.15, -0.1) is 0 Å². The Hall–Kier alpha value is 0.506. The summed E-state index contributed by atoms with van der Waals surface area (Å²) >= 11 is 0. The molecule has 0 saturated heterocycles. The summed E-state index contributed by atoms with van der Waals surface area (Å²) in [4.78, 5) is 0. The molecule has 0 N–H and O–H groups in total. The summed E-state index contributed by atoms with van der Waals surface area (Å²) in [6.45, 7) is 4.24. The SMILES string of the molecule is Cc1ccc([P-]c2ccc(C)cc2)cc1.[K+]. The van der Waals surface area contributed by atoms with Gasteiger partial charge < -0.3 is 8.58 Å². The van der Waals surface area contributed by atoms with Crippen LogP contribution in [0.15, 0.2) is 48.5 Å². The van der Waals surface area contributed by atoms with Crippen LogP contribution in [0.4, 0.5) is 0 Å². The van der Waals surface area contributed by atoms with E-state index in [1.165, 1.54) is 30.3 Å². The second kappa shape index (κ2) is 7.05. The molecule has 0 atom stereocenters. The van der Waals surface area contributed by atoms with Crippen LogP contribution in [0.3, 0.4) is 0 Å². The number of aryl methyl sites for hydroxylation is 2. The van der Waals surface area contributed by atoms with Crippen LogP contribution >= 0.6 is 8.58 Å². The van der Waals surface area contributed by atoms with Crippen molar-refractivity contribution in [3.63, 3.8) is 0 Å². The van der Waals surface area contributed by atoms with Crippen molar-refractivity contribution in [1.82, 2.24) is 0 Å². The zero-order valence-corrected chi connectivity index (χ0v) is 14.1. The van der Waals surface area contributed by atoms with Crippen molar-refractivity contribution in [3.8, 4) is 0 Å². The first kappa shape index (κ1) is 14.6. The minimum absolute atomic E-state index is 0. The second-order valence-electron chi connectivity index (χ2n) is 3.78. The number of benzene rings is 2. The first-order valence-electron chi connectivity index (χ1n) is 5.09. The largest absolute Gasteiger partial charge is 1.00 e. The molecule has 2 aromatic carbocycles. The Kier molecular flexibility index (Phi) is 6.42. The minimum atomic E-state index is 0. The van der Waals surface area contributed by atoms with Gasteiger partial charge in [-0.1, -0.05) is 59.7 Å². The summed E-state index contributed by atoms with van der Waals surface area (Å²) in [5.41, 5.74) is 2.63. The molecule has 0 aliphatic carbocycles. The van der Waals surface area contributed by atoms with Crippen molar-refractivity contribution in [3.05, 3.63) is 59.7 Å². The third-order valence-corrected chi connectivity index (χ3v) is 3.44. The second-order valence-corrected chi connectivity index (χ2v) is 5.04. The van der Waals surface area contributed by atoms with E-state index in [1.807, 2.05) is 0 Å². The molecule has 0 radical (unpaired) electrons. The van der Waals surface area contributed by atoms with Gasteiger partial charge in [0.25, 0.3) is 0 Å². The van der Waals surface area contributed by atoms with Crippen LogP contribution < -0.4 is 62.0 Å². The molecule has 16 heavy (non-hydrogen) atoms. The first-order valence-corrected chi connectivity index (χ1v) is 5.98. The Morgan fingerprint density at radius 2 is 0.938 bits per heavy atom. The number of rotatable bonds is 2. The van der Waals surface area contributed by atoms with Crippen LogP contribution in [0.5, 0.6) is 0 Å². The molecule has 0 amide bonds. The summed E-state index contributed by atoms with van der Waals surface area (Å²) in [7, 11) is 1.29. The van der Waals surface area contributed by atoms with Gasteiger partial charge in [-0.3, -0.25) is 0 Å². The molecular weight excluding hydrogens is 238 g/mol. The monoisotopic (exact) mass is 252 g/mol. The van der Waals surface area contributed by atoms with E-state index in [1.54, 1.807) is 0 Å². The molecule has 76 valence electrons. The van der Waals surface area contributed by atoms with Gasteiger partial charge in [0, 0.05) is 0 Å². The van der Waals surface area contributed by atoms with E-state index >= 15 is 0 Å². The molecule has 0 fully saturated rings.